The molecule has 0 unspecified atom stereocenters. The number of carbonyl (C=O) groups is 1. The van der Waals surface area contributed by atoms with Gasteiger partial charge in [0, 0.05) is 18.0 Å². The molecule has 0 atom stereocenters. The molecule has 2 aromatic heterocycles. The number of methoxy groups -OCH3 is 1. The molecule has 0 spiro atoms. The van der Waals surface area contributed by atoms with Gasteiger partial charge in [0.15, 0.2) is 0 Å². The zero-order valence-corrected chi connectivity index (χ0v) is 9.05. The molecule has 2 aromatic rings. The van der Waals surface area contributed by atoms with Crippen LogP contribution < -0.4 is 0 Å². The lowest BCUT2D eigenvalue weighted by atomic mass is 10.1. The molecule has 0 aliphatic rings. The van der Waals surface area contributed by atoms with E-state index in [0.29, 0.717) is 11.3 Å². The Hall–Kier alpha value is -2.30. The first kappa shape index (κ1) is 11.2. The summed E-state index contributed by atoms with van der Waals surface area (Å²) < 4.78 is 17.7. The molecular formula is C12H9FN2O2. The first-order valence-corrected chi connectivity index (χ1v) is 4.86. The monoisotopic (exact) mass is 232 g/mol. The number of aromatic nitrogens is 2. The minimum absolute atomic E-state index is 0.0838. The van der Waals surface area contributed by atoms with Crippen molar-refractivity contribution in [3.63, 3.8) is 0 Å². The Balaban J connectivity index is 2.58. The predicted molar refractivity (Wildman–Crippen MR) is 58.8 cm³/mol. The van der Waals surface area contributed by atoms with E-state index < -0.39 is 11.8 Å². The van der Waals surface area contributed by atoms with E-state index in [-0.39, 0.29) is 5.56 Å². The smallest absolute Gasteiger partial charge is 0.340 e. The highest BCUT2D eigenvalue weighted by molar-refractivity contribution is 5.95. The third-order valence-corrected chi connectivity index (χ3v) is 2.19. The van der Waals surface area contributed by atoms with Gasteiger partial charge in [0.05, 0.1) is 24.6 Å². The zero-order valence-electron chi connectivity index (χ0n) is 9.05. The van der Waals surface area contributed by atoms with Crippen LogP contribution in [0.2, 0.25) is 0 Å². The maximum Gasteiger partial charge on any atom is 0.340 e. The minimum Gasteiger partial charge on any atom is -0.465 e. The van der Waals surface area contributed by atoms with E-state index in [9.17, 15) is 9.18 Å². The molecule has 0 bridgehead atoms. The summed E-state index contributed by atoms with van der Waals surface area (Å²) in [5.41, 5.74) is 1.07. The molecule has 0 aromatic carbocycles. The van der Waals surface area contributed by atoms with Gasteiger partial charge in [0.2, 0.25) is 0 Å². The Labute approximate surface area is 97.1 Å². The normalized spacial score (nSPS) is 10.0. The Morgan fingerprint density at radius 1 is 1.41 bits per heavy atom. The molecule has 0 fully saturated rings. The quantitative estimate of drug-likeness (QED) is 0.744. The molecule has 17 heavy (non-hydrogen) atoms. The van der Waals surface area contributed by atoms with E-state index in [1.54, 1.807) is 24.5 Å². The molecule has 0 saturated heterocycles. The third-order valence-electron chi connectivity index (χ3n) is 2.19. The SMILES string of the molecule is COC(=O)c1cc(F)cnc1-c1cccnc1. The summed E-state index contributed by atoms with van der Waals surface area (Å²) in [5, 5.41) is 0. The van der Waals surface area contributed by atoms with Crippen LogP contribution in [0.4, 0.5) is 4.39 Å². The number of rotatable bonds is 2. The highest BCUT2D eigenvalue weighted by Crippen LogP contribution is 2.21. The van der Waals surface area contributed by atoms with Crippen LogP contribution in [0.1, 0.15) is 10.4 Å². The van der Waals surface area contributed by atoms with Gasteiger partial charge in [-0.25, -0.2) is 9.18 Å². The fraction of sp³-hybridized carbons (Fsp3) is 0.0833. The van der Waals surface area contributed by atoms with Crippen molar-refractivity contribution in [2.24, 2.45) is 0 Å². The number of nitrogens with zero attached hydrogens (tertiary/aromatic N) is 2. The molecule has 0 aliphatic carbocycles. The van der Waals surface area contributed by atoms with Gasteiger partial charge in [-0.1, -0.05) is 0 Å². The second kappa shape index (κ2) is 4.69. The number of pyridine rings is 2. The van der Waals surface area contributed by atoms with E-state index in [2.05, 4.69) is 14.7 Å². The predicted octanol–water partition coefficient (Wildman–Crippen LogP) is 2.07. The Kier molecular flexibility index (Phi) is 3.09. The highest BCUT2D eigenvalue weighted by Gasteiger charge is 2.15. The van der Waals surface area contributed by atoms with Crippen molar-refractivity contribution in [3.05, 3.63) is 48.2 Å². The van der Waals surface area contributed by atoms with Crippen molar-refractivity contribution >= 4 is 5.97 Å². The Morgan fingerprint density at radius 2 is 2.24 bits per heavy atom. The van der Waals surface area contributed by atoms with E-state index >= 15 is 0 Å². The second-order valence-corrected chi connectivity index (χ2v) is 3.28. The summed E-state index contributed by atoms with van der Waals surface area (Å²) in [5.74, 6) is -1.21. The average molecular weight is 232 g/mol. The van der Waals surface area contributed by atoms with Gasteiger partial charge in [-0.15, -0.1) is 0 Å². The van der Waals surface area contributed by atoms with Crippen molar-refractivity contribution in [2.45, 2.75) is 0 Å². The number of esters is 1. The van der Waals surface area contributed by atoms with Gasteiger partial charge in [-0.2, -0.15) is 0 Å². The van der Waals surface area contributed by atoms with E-state index in [1.165, 1.54) is 7.11 Å². The molecule has 86 valence electrons. The van der Waals surface area contributed by atoms with E-state index in [4.69, 9.17) is 0 Å². The van der Waals surface area contributed by atoms with Crippen molar-refractivity contribution < 1.29 is 13.9 Å². The summed E-state index contributed by atoms with van der Waals surface area (Å²) in [6.07, 6.45) is 4.20. The Morgan fingerprint density at radius 3 is 2.88 bits per heavy atom. The van der Waals surface area contributed by atoms with Gasteiger partial charge in [0.25, 0.3) is 0 Å². The number of hydrogen-bond donors (Lipinski definition) is 0. The fourth-order valence-electron chi connectivity index (χ4n) is 1.44. The maximum absolute atomic E-state index is 13.1. The molecule has 5 heteroatoms. The largest absolute Gasteiger partial charge is 0.465 e. The lowest BCUT2D eigenvalue weighted by Crippen LogP contribution is -2.06. The number of carbonyl (C=O) groups excluding carboxylic acids is 1. The van der Waals surface area contributed by atoms with Crippen LogP contribution in [0.25, 0.3) is 11.3 Å². The molecular weight excluding hydrogens is 223 g/mol. The van der Waals surface area contributed by atoms with Crippen LogP contribution in [0.3, 0.4) is 0 Å². The lowest BCUT2D eigenvalue weighted by molar-refractivity contribution is 0.0600. The van der Waals surface area contributed by atoms with Gasteiger partial charge in [0.1, 0.15) is 5.82 Å². The first-order chi connectivity index (χ1) is 8.22. The van der Waals surface area contributed by atoms with Gasteiger partial charge in [-0.3, -0.25) is 9.97 Å². The van der Waals surface area contributed by atoms with Crippen LogP contribution in [0.15, 0.2) is 36.8 Å². The highest BCUT2D eigenvalue weighted by atomic mass is 19.1. The number of halogens is 1. The molecule has 0 saturated carbocycles. The minimum atomic E-state index is -0.629. The van der Waals surface area contributed by atoms with E-state index in [0.717, 1.165) is 12.3 Å². The summed E-state index contributed by atoms with van der Waals surface area (Å²) in [7, 11) is 1.24. The van der Waals surface area contributed by atoms with Crippen LogP contribution in [0.5, 0.6) is 0 Å². The zero-order chi connectivity index (χ0) is 12.3. The summed E-state index contributed by atoms with van der Waals surface area (Å²) in [6.45, 7) is 0. The maximum atomic E-state index is 13.1. The van der Waals surface area contributed by atoms with Crippen LogP contribution in [-0.4, -0.2) is 23.0 Å². The van der Waals surface area contributed by atoms with Crippen LogP contribution in [0, 0.1) is 5.82 Å². The van der Waals surface area contributed by atoms with Crippen molar-refractivity contribution in [1.82, 2.24) is 9.97 Å². The van der Waals surface area contributed by atoms with E-state index in [1.807, 2.05) is 0 Å². The summed E-state index contributed by atoms with van der Waals surface area (Å²) in [4.78, 5) is 19.3. The van der Waals surface area contributed by atoms with Gasteiger partial charge in [-0.05, 0) is 18.2 Å². The van der Waals surface area contributed by atoms with Crippen molar-refractivity contribution in [2.75, 3.05) is 7.11 Å². The molecule has 0 N–H and O–H groups in total. The van der Waals surface area contributed by atoms with Crippen LogP contribution in [-0.2, 0) is 4.74 Å². The van der Waals surface area contributed by atoms with Gasteiger partial charge >= 0.3 is 5.97 Å². The fourth-order valence-corrected chi connectivity index (χ4v) is 1.44. The molecule has 2 rings (SSSR count). The summed E-state index contributed by atoms with van der Waals surface area (Å²) >= 11 is 0. The van der Waals surface area contributed by atoms with Crippen molar-refractivity contribution in [1.29, 1.82) is 0 Å². The molecule has 0 amide bonds. The Bertz CT molecular complexity index is 543. The average Bonchev–Trinajstić information content (AvgIpc) is 2.38. The molecule has 0 aliphatic heterocycles. The standard InChI is InChI=1S/C12H9FN2O2/c1-17-12(16)10-5-9(13)7-15-11(10)8-3-2-4-14-6-8/h2-7H,1H3. The number of ether oxygens (including phenoxy) is 1. The first-order valence-electron chi connectivity index (χ1n) is 4.86. The van der Waals surface area contributed by atoms with Crippen molar-refractivity contribution in [3.8, 4) is 11.3 Å². The molecule has 4 nitrogen and oxygen atoms in total. The topological polar surface area (TPSA) is 52.1 Å². The molecule has 2 heterocycles. The molecule has 0 radical (unpaired) electrons. The third kappa shape index (κ3) is 2.28. The second-order valence-electron chi connectivity index (χ2n) is 3.28. The van der Waals surface area contributed by atoms with Crippen LogP contribution >= 0.6 is 0 Å². The summed E-state index contributed by atoms with van der Waals surface area (Å²) in [6, 6.07) is 4.54. The van der Waals surface area contributed by atoms with Gasteiger partial charge < -0.3 is 4.74 Å². The number of hydrogen-bond acceptors (Lipinski definition) is 4. The lowest BCUT2D eigenvalue weighted by Gasteiger charge is -2.06.